The van der Waals surface area contributed by atoms with E-state index in [1.165, 1.54) is 30.2 Å². The number of halogens is 1. The zero-order valence-corrected chi connectivity index (χ0v) is 20.7. The van der Waals surface area contributed by atoms with E-state index in [1.807, 2.05) is 40.0 Å². The Morgan fingerprint density at radius 2 is 2.00 bits per heavy atom. The van der Waals surface area contributed by atoms with Crippen molar-refractivity contribution in [2.75, 3.05) is 18.2 Å². The van der Waals surface area contributed by atoms with Gasteiger partial charge in [0.1, 0.15) is 10.8 Å². The van der Waals surface area contributed by atoms with Crippen molar-refractivity contribution in [3.8, 4) is 5.75 Å². The lowest BCUT2D eigenvalue weighted by Gasteiger charge is -2.15. The Labute approximate surface area is 199 Å². The molecule has 170 valence electrons. The molecule has 1 atom stereocenters. The van der Waals surface area contributed by atoms with Gasteiger partial charge in [0.25, 0.3) is 0 Å². The second-order valence-corrected chi connectivity index (χ2v) is 9.48. The number of anilines is 1. The summed E-state index contributed by atoms with van der Waals surface area (Å²) in [6.45, 7) is 5.57. The van der Waals surface area contributed by atoms with Crippen molar-refractivity contribution < 1.29 is 19.1 Å². The quantitative estimate of drug-likeness (QED) is 0.355. The standard InChI is InChI=1S/C21H23ClN4O4S2/c1-11-13(3)32-19(17(11)20(28)29-5)23-16(27)10-31-21-25-24-18(26(21)4)12(2)30-15-9-7-6-8-14(15)22/h6-9,12H,10H2,1-5H3,(H,23,27). The van der Waals surface area contributed by atoms with Crippen LogP contribution in [0.2, 0.25) is 5.02 Å². The number of carbonyl (C=O) groups is 2. The summed E-state index contributed by atoms with van der Waals surface area (Å²) in [5.74, 6) is 0.528. The van der Waals surface area contributed by atoms with Crippen LogP contribution in [0.4, 0.5) is 5.00 Å². The van der Waals surface area contributed by atoms with E-state index in [0.29, 0.717) is 32.3 Å². The minimum absolute atomic E-state index is 0.0995. The summed E-state index contributed by atoms with van der Waals surface area (Å²) in [5.41, 5.74) is 1.19. The zero-order chi connectivity index (χ0) is 23.4. The molecule has 32 heavy (non-hydrogen) atoms. The van der Waals surface area contributed by atoms with Gasteiger partial charge in [0.15, 0.2) is 17.1 Å². The summed E-state index contributed by atoms with van der Waals surface area (Å²) >= 11 is 8.74. The third-order valence-corrected chi connectivity index (χ3v) is 7.19. The molecule has 11 heteroatoms. The van der Waals surface area contributed by atoms with Crippen LogP contribution in [-0.2, 0) is 16.6 Å². The molecule has 2 heterocycles. The Bertz CT molecular complexity index is 1150. The first-order valence-corrected chi connectivity index (χ1v) is 11.8. The largest absolute Gasteiger partial charge is 0.481 e. The van der Waals surface area contributed by atoms with Crippen LogP contribution in [0.1, 0.15) is 39.7 Å². The predicted molar refractivity (Wildman–Crippen MR) is 126 cm³/mol. The van der Waals surface area contributed by atoms with E-state index in [2.05, 4.69) is 15.5 Å². The molecule has 2 aromatic heterocycles. The third-order valence-electron chi connectivity index (χ3n) is 4.73. The number of rotatable bonds is 8. The molecule has 1 unspecified atom stereocenters. The lowest BCUT2D eigenvalue weighted by atomic mass is 10.1. The van der Waals surface area contributed by atoms with Crippen LogP contribution >= 0.6 is 34.7 Å². The number of esters is 1. The molecule has 0 aliphatic heterocycles. The number of thioether (sulfide) groups is 1. The van der Waals surface area contributed by atoms with Crippen molar-refractivity contribution in [1.29, 1.82) is 0 Å². The van der Waals surface area contributed by atoms with Gasteiger partial charge in [-0.05, 0) is 38.5 Å². The Morgan fingerprint density at radius 3 is 2.69 bits per heavy atom. The summed E-state index contributed by atoms with van der Waals surface area (Å²) in [6.07, 6.45) is -0.393. The highest BCUT2D eigenvalue weighted by Crippen LogP contribution is 2.33. The third kappa shape index (κ3) is 5.25. The average Bonchev–Trinajstić information content (AvgIpc) is 3.26. The number of aryl methyl sites for hydroxylation is 1. The van der Waals surface area contributed by atoms with Gasteiger partial charge in [0, 0.05) is 11.9 Å². The fourth-order valence-corrected chi connectivity index (χ4v) is 4.91. The normalized spacial score (nSPS) is 11.8. The highest BCUT2D eigenvalue weighted by molar-refractivity contribution is 7.99. The molecule has 3 rings (SSSR count). The van der Waals surface area contributed by atoms with E-state index in [-0.39, 0.29) is 11.7 Å². The van der Waals surface area contributed by atoms with Gasteiger partial charge in [-0.2, -0.15) is 0 Å². The van der Waals surface area contributed by atoms with Gasteiger partial charge in [0.05, 0.1) is 23.4 Å². The topological polar surface area (TPSA) is 95.3 Å². The van der Waals surface area contributed by atoms with E-state index >= 15 is 0 Å². The van der Waals surface area contributed by atoms with Crippen LogP contribution in [0.3, 0.4) is 0 Å². The number of hydrogen-bond acceptors (Lipinski definition) is 8. The van der Waals surface area contributed by atoms with Gasteiger partial charge >= 0.3 is 5.97 Å². The number of nitrogens with zero attached hydrogens (tertiary/aromatic N) is 3. The van der Waals surface area contributed by atoms with Gasteiger partial charge in [-0.25, -0.2) is 4.79 Å². The van der Waals surface area contributed by atoms with Crippen LogP contribution in [0.5, 0.6) is 5.75 Å². The molecule has 0 saturated heterocycles. The zero-order valence-electron chi connectivity index (χ0n) is 18.3. The van der Waals surface area contributed by atoms with E-state index < -0.39 is 12.1 Å². The fraction of sp³-hybridized carbons (Fsp3) is 0.333. The first-order chi connectivity index (χ1) is 15.2. The highest BCUT2D eigenvalue weighted by atomic mass is 35.5. The number of hydrogen-bond donors (Lipinski definition) is 1. The maximum absolute atomic E-state index is 12.5. The molecule has 0 bridgehead atoms. The van der Waals surface area contributed by atoms with E-state index in [4.69, 9.17) is 21.1 Å². The van der Waals surface area contributed by atoms with Crippen LogP contribution in [-0.4, -0.2) is 39.5 Å². The average molecular weight is 495 g/mol. The summed E-state index contributed by atoms with van der Waals surface area (Å²) in [7, 11) is 3.13. The Kier molecular flexibility index (Phi) is 7.81. The molecule has 0 fully saturated rings. The second kappa shape index (κ2) is 10.4. The smallest absolute Gasteiger partial charge is 0.341 e. The van der Waals surface area contributed by atoms with E-state index in [1.54, 1.807) is 16.7 Å². The van der Waals surface area contributed by atoms with Crippen LogP contribution in [0, 0.1) is 13.8 Å². The number of thiophene rings is 1. The van der Waals surface area contributed by atoms with Crippen molar-refractivity contribution in [2.45, 2.75) is 32.0 Å². The number of nitrogens with one attached hydrogen (secondary N) is 1. The predicted octanol–water partition coefficient (Wildman–Crippen LogP) is 4.80. The maximum Gasteiger partial charge on any atom is 0.341 e. The summed E-state index contributed by atoms with van der Waals surface area (Å²) in [4.78, 5) is 25.5. The van der Waals surface area contributed by atoms with Gasteiger partial charge in [0.2, 0.25) is 5.91 Å². The van der Waals surface area contributed by atoms with Crippen LogP contribution in [0.25, 0.3) is 0 Å². The highest BCUT2D eigenvalue weighted by Gasteiger charge is 2.22. The van der Waals surface area contributed by atoms with Crippen LogP contribution < -0.4 is 10.1 Å². The lowest BCUT2D eigenvalue weighted by Crippen LogP contribution is -2.16. The second-order valence-electron chi connectivity index (χ2n) is 6.91. The monoisotopic (exact) mass is 494 g/mol. The van der Waals surface area contributed by atoms with Crippen molar-refractivity contribution in [1.82, 2.24) is 14.8 Å². The maximum atomic E-state index is 12.5. The fourth-order valence-electron chi connectivity index (χ4n) is 2.95. The van der Waals surface area contributed by atoms with E-state index in [9.17, 15) is 9.59 Å². The molecular formula is C21H23ClN4O4S2. The van der Waals surface area contributed by atoms with Gasteiger partial charge in [-0.3, -0.25) is 4.79 Å². The van der Waals surface area contributed by atoms with Crippen molar-refractivity contribution in [3.63, 3.8) is 0 Å². The van der Waals surface area contributed by atoms with Gasteiger partial charge in [-0.1, -0.05) is 35.5 Å². The molecule has 0 saturated carbocycles. The number of para-hydroxylation sites is 1. The number of aromatic nitrogens is 3. The molecule has 0 aliphatic carbocycles. The summed E-state index contributed by atoms with van der Waals surface area (Å²) < 4.78 is 12.5. The molecular weight excluding hydrogens is 472 g/mol. The minimum Gasteiger partial charge on any atom is -0.481 e. The number of carbonyl (C=O) groups excluding carboxylic acids is 2. The molecule has 0 radical (unpaired) electrons. The number of ether oxygens (including phenoxy) is 2. The molecule has 1 amide bonds. The van der Waals surface area contributed by atoms with Gasteiger partial charge < -0.3 is 19.4 Å². The van der Waals surface area contributed by atoms with Crippen molar-refractivity contribution >= 4 is 51.6 Å². The molecule has 8 nitrogen and oxygen atoms in total. The molecule has 0 aliphatic rings. The van der Waals surface area contributed by atoms with E-state index in [0.717, 1.165) is 10.4 Å². The first-order valence-electron chi connectivity index (χ1n) is 9.64. The first kappa shape index (κ1) is 24.1. The Hall–Kier alpha value is -2.56. The Balaban J connectivity index is 1.64. The SMILES string of the molecule is COC(=O)c1c(NC(=O)CSc2nnc(C(C)Oc3ccccc3Cl)n2C)sc(C)c1C. The molecule has 0 spiro atoms. The summed E-state index contributed by atoms with van der Waals surface area (Å²) in [6, 6.07) is 7.20. The Morgan fingerprint density at radius 1 is 1.28 bits per heavy atom. The lowest BCUT2D eigenvalue weighted by molar-refractivity contribution is -0.113. The number of methoxy groups -OCH3 is 1. The van der Waals surface area contributed by atoms with Gasteiger partial charge in [-0.15, -0.1) is 21.5 Å². The summed E-state index contributed by atoms with van der Waals surface area (Å²) in [5, 5.41) is 12.7. The van der Waals surface area contributed by atoms with Crippen LogP contribution in [0.15, 0.2) is 29.4 Å². The molecule has 1 aromatic carbocycles. The van der Waals surface area contributed by atoms with Crippen molar-refractivity contribution in [3.05, 3.63) is 51.1 Å². The van der Waals surface area contributed by atoms with Crippen molar-refractivity contribution in [2.24, 2.45) is 7.05 Å². The minimum atomic E-state index is -0.472. The number of amides is 1. The molecule has 1 N–H and O–H groups in total. The number of benzene rings is 1. The molecule has 3 aromatic rings.